The molecule has 2 aromatic heterocycles. The maximum absolute atomic E-state index is 12.4. The fourth-order valence-corrected chi connectivity index (χ4v) is 4.20. The number of halogens is 1. The summed E-state index contributed by atoms with van der Waals surface area (Å²) in [5, 5.41) is 21.4. The van der Waals surface area contributed by atoms with E-state index in [1.165, 1.54) is 11.8 Å². The molecule has 0 bridgehead atoms. The summed E-state index contributed by atoms with van der Waals surface area (Å²) in [7, 11) is 0. The van der Waals surface area contributed by atoms with E-state index in [-0.39, 0.29) is 11.7 Å². The maximum atomic E-state index is 12.4. The molecule has 1 aliphatic heterocycles. The number of nitriles is 1. The van der Waals surface area contributed by atoms with E-state index in [0.717, 1.165) is 37.6 Å². The smallest absolute Gasteiger partial charge is 0.234 e. The molecule has 0 unspecified atom stereocenters. The van der Waals surface area contributed by atoms with E-state index >= 15 is 0 Å². The van der Waals surface area contributed by atoms with Crippen LogP contribution in [0.15, 0.2) is 46.2 Å². The third-order valence-corrected chi connectivity index (χ3v) is 5.97. The van der Waals surface area contributed by atoms with Gasteiger partial charge in [-0.15, -0.1) is 10.2 Å². The van der Waals surface area contributed by atoms with E-state index in [2.05, 4.69) is 20.4 Å². The number of hydrogen-bond donors (Lipinski definition) is 1. The second kappa shape index (κ2) is 9.24. The molecule has 8 nitrogen and oxygen atoms in total. The van der Waals surface area contributed by atoms with E-state index in [0.29, 0.717) is 28.0 Å². The van der Waals surface area contributed by atoms with Crippen LogP contribution in [0.5, 0.6) is 0 Å². The fourth-order valence-electron chi connectivity index (χ4n) is 3.25. The Kier molecular flexibility index (Phi) is 6.26. The van der Waals surface area contributed by atoms with Crippen LogP contribution in [0, 0.1) is 11.3 Å². The highest BCUT2D eigenvalue weighted by atomic mass is 35.5. The maximum Gasteiger partial charge on any atom is 0.234 e. The zero-order valence-corrected chi connectivity index (χ0v) is 17.6. The minimum absolute atomic E-state index is 0.161. The third-order valence-electron chi connectivity index (χ3n) is 4.69. The Balaban J connectivity index is 1.45. The van der Waals surface area contributed by atoms with Crippen LogP contribution in [0.1, 0.15) is 24.2 Å². The first kappa shape index (κ1) is 20.3. The molecule has 1 aromatic carbocycles. The number of anilines is 2. The minimum atomic E-state index is -0.198. The Morgan fingerprint density at radius 3 is 2.83 bits per heavy atom. The first-order valence-electron chi connectivity index (χ1n) is 9.47. The molecule has 3 heterocycles. The number of furan rings is 1. The number of carbonyl (C=O) groups is 1. The molecule has 0 atom stereocenters. The van der Waals surface area contributed by atoms with Crippen LogP contribution in [0.25, 0.3) is 0 Å². The molecule has 1 amide bonds. The van der Waals surface area contributed by atoms with Gasteiger partial charge in [-0.3, -0.25) is 9.36 Å². The van der Waals surface area contributed by atoms with Crippen molar-refractivity contribution in [2.45, 2.75) is 24.5 Å². The predicted octanol–water partition coefficient (Wildman–Crippen LogP) is 3.78. The van der Waals surface area contributed by atoms with Crippen LogP contribution in [-0.4, -0.2) is 39.5 Å². The van der Waals surface area contributed by atoms with Crippen molar-refractivity contribution in [1.29, 1.82) is 5.26 Å². The number of amides is 1. The summed E-state index contributed by atoms with van der Waals surface area (Å²) in [5.41, 5.74) is 0.906. The number of hydrogen-bond acceptors (Lipinski definition) is 7. The SMILES string of the molecule is N#Cc1ccc(NC(=O)CSc2nnc(N3CCCC3)n2Cc2ccco2)cc1Cl. The molecule has 1 fully saturated rings. The van der Waals surface area contributed by atoms with Crippen molar-refractivity contribution < 1.29 is 9.21 Å². The third kappa shape index (κ3) is 4.61. The minimum Gasteiger partial charge on any atom is -0.467 e. The molecule has 30 heavy (non-hydrogen) atoms. The largest absolute Gasteiger partial charge is 0.467 e. The van der Waals surface area contributed by atoms with Crippen molar-refractivity contribution in [3.05, 3.63) is 52.9 Å². The molecule has 4 rings (SSSR count). The summed E-state index contributed by atoms with van der Waals surface area (Å²) < 4.78 is 7.48. The monoisotopic (exact) mass is 442 g/mol. The first-order chi connectivity index (χ1) is 14.6. The van der Waals surface area contributed by atoms with E-state index in [9.17, 15) is 4.79 Å². The Labute approximate surface area is 182 Å². The van der Waals surface area contributed by atoms with Crippen molar-refractivity contribution >= 4 is 40.9 Å². The van der Waals surface area contributed by atoms with Gasteiger partial charge in [0.15, 0.2) is 5.16 Å². The van der Waals surface area contributed by atoms with Crippen LogP contribution in [0.3, 0.4) is 0 Å². The van der Waals surface area contributed by atoms with Gasteiger partial charge in [0.25, 0.3) is 0 Å². The highest BCUT2D eigenvalue weighted by Gasteiger charge is 2.22. The van der Waals surface area contributed by atoms with Gasteiger partial charge < -0.3 is 14.6 Å². The molecule has 0 saturated carbocycles. The number of rotatable bonds is 7. The fraction of sp³-hybridized carbons (Fsp3) is 0.300. The van der Waals surface area contributed by atoms with E-state index < -0.39 is 0 Å². The molecular weight excluding hydrogens is 424 g/mol. The van der Waals surface area contributed by atoms with Crippen molar-refractivity contribution in [3.8, 4) is 6.07 Å². The lowest BCUT2D eigenvalue weighted by Crippen LogP contribution is -2.22. The van der Waals surface area contributed by atoms with Crippen LogP contribution >= 0.6 is 23.4 Å². The molecule has 0 radical (unpaired) electrons. The van der Waals surface area contributed by atoms with Crippen molar-refractivity contribution in [3.63, 3.8) is 0 Å². The molecule has 0 spiro atoms. The molecule has 154 valence electrons. The molecule has 1 saturated heterocycles. The summed E-state index contributed by atoms with van der Waals surface area (Å²) >= 11 is 7.34. The Hall–Kier alpha value is -2.96. The Morgan fingerprint density at radius 1 is 1.30 bits per heavy atom. The summed E-state index contributed by atoms with van der Waals surface area (Å²) in [5.74, 6) is 1.56. The van der Waals surface area contributed by atoms with Gasteiger partial charge in [0.2, 0.25) is 11.9 Å². The number of nitrogens with one attached hydrogen (secondary N) is 1. The summed E-state index contributed by atoms with van der Waals surface area (Å²) in [6.07, 6.45) is 3.90. The quantitative estimate of drug-likeness (QED) is 0.556. The molecule has 1 aliphatic rings. The number of benzene rings is 1. The van der Waals surface area contributed by atoms with Gasteiger partial charge in [0, 0.05) is 18.8 Å². The van der Waals surface area contributed by atoms with Gasteiger partial charge in [0.05, 0.1) is 29.1 Å². The van der Waals surface area contributed by atoms with Gasteiger partial charge in [-0.1, -0.05) is 23.4 Å². The van der Waals surface area contributed by atoms with E-state index in [4.69, 9.17) is 21.3 Å². The topological polar surface area (TPSA) is 100.0 Å². The van der Waals surface area contributed by atoms with Gasteiger partial charge >= 0.3 is 0 Å². The second-order valence-electron chi connectivity index (χ2n) is 6.79. The first-order valence-corrected chi connectivity index (χ1v) is 10.8. The van der Waals surface area contributed by atoms with Gasteiger partial charge in [-0.25, -0.2) is 0 Å². The Bertz CT molecular complexity index is 1070. The van der Waals surface area contributed by atoms with Crippen molar-refractivity contribution in [1.82, 2.24) is 14.8 Å². The highest BCUT2D eigenvalue weighted by molar-refractivity contribution is 7.99. The zero-order valence-electron chi connectivity index (χ0n) is 16.0. The Morgan fingerprint density at radius 2 is 2.13 bits per heavy atom. The highest BCUT2D eigenvalue weighted by Crippen LogP contribution is 2.26. The average molecular weight is 443 g/mol. The van der Waals surface area contributed by atoms with Crippen LogP contribution in [-0.2, 0) is 11.3 Å². The zero-order chi connectivity index (χ0) is 20.9. The number of carbonyl (C=O) groups excluding carboxylic acids is 1. The second-order valence-corrected chi connectivity index (χ2v) is 8.14. The summed E-state index contributed by atoms with van der Waals surface area (Å²) in [6, 6.07) is 10.5. The average Bonchev–Trinajstić information content (AvgIpc) is 3.49. The lowest BCUT2D eigenvalue weighted by molar-refractivity contribution is -0.113. The molecule has 3 aromatic rings. The van der Waals surface area contributed by atoms with Gasteiger partial charge in [-0.05, 0) is 43.2 Å². The number of thioether (sulfide) groups is 1. The van der Waals surface area contributed by atoms with Gasteiger partial charge in [-0.2, -0.15) is 5.26 Å². The van der Waals surface area contributed by atoms with Crippen LogP contribution < -0.4 is 10.2 Å². The molecule has 1 N–H and O–H groups in total. The lowest BCUT2D eigenvalue weighted by Gasteiger charge is -2.17. The lowest BCUT2D eigenvalue weighted by atomic mass is 10.2. The number of aromatic nitrogens is 3. The number of nitrogens with zero attached hydrogens (tertiary/aromatic N) is 5. The molecule has 0 aliphatic carbocycles. The summed E-state index contributed by atoms with van der Waals surface area (Å²) in [6.45, 7) is 2.39. The molecular formula is C20H19ClN6O2S. The van der Waals surface area contributed by atoms with Crippen LogP contribution in [0.4, 0.5) is 11.6 Å². The predicted molar refractivity (Wildman–Crippen MR) is 115 cm³/mol. The normalized spacial score (nSPS) is 13.4. The van der Waals surface area contributed by atoms with E-state index in [1.54, 1.807) is 24.5 Å². The van der Waals surface area contributed by atoms with Gasteiger partial charge in [0.1, 0.15) is 11.8 Å². The summed E-state index contributed by atoms with van der Waals surface area (Å²) in [4.78, 5) is 14.6. The van der Waals surface area contributed by atoms with Crippen LogP contribution in [0.2, 0.25) is 5.02 Å². The molecule has 10 heteroatoms. The van der Waals surface area contributed by atoms with Crippen molar-refractivity contribution in [2.75, 3.05) is 29.1 Å². The van der Waals surface area contributed by atoms with E-state index in [1.807, 2.05) is 22.8 Å². The standard InChI is InChI=1S/C20H19ClN6O2S/c21-17-10-15(6-5-14(17)11-22)23-18(28)13-30-20-25-24-19(26-7-1-2-8-26)27(20)12-16-4-3-9-29-16/h3-6,9-10H,1-2,7-8,12-13H2,(H,23,28). The van der Waals surface area contributed by atoms with Crippen molar-refractivity contribution in [2.24, 2.45) is 0 Å².